The maximum absolute atomic E-state index is 12.6. The average molecular weight is 505 g/mol. The van der Waals surface area contributed by atoms with Gasteiger partial charge < -0.3 is 24.6 Å². The van der Waals surface area contributed by atoms with E-state index in [0.29, 0.717) is 40.8 Å². The second kappa shape index (κ2) is 11.1. The molecule has 2 aliphatic rings. The number of carbonyl (C=O) groups is 1. The van der Waals surface area contributed by atoms with Gasteiger partial charge in [-0.05, 0) is 43.9 Å². The molecule has 0 amide bonds. The fourth-order valence-corrected chi connectivity index (χ4v) is 4.76. The molecule has 0 bridgehead atoms. The van der Waals surface area contributed by atoms with Gasteiger partial charge in [-0.3, -0.25) is 4.98 Å². The van der Waals surface area contributed by atoms with Crippen molar-refractivity contribution in [2.75, 3.05) is 13.2 Å². The van der Waals surface area contributed by atoms with E-state index < -0.39 is 18.4 Å². The summed E-state index contributed by atoms with van der Waals surface area (Å²) in [6.07, 6.45) is 3.08. The summed E-state index contributed by atoms with van der Waals surface area (Å²) in [5, 5.41) is 27.9. The van der Waals surface area contributed by atoms with E-state index in [0.717, 1.165) is 36.8 Å². The number of carboxylic acid groups (broad SMARTS) is 1. The number of pyridine rings is 1. The predicted octanol–water partition coefficient (Wildman–Crippen LogP) is 5.72. The Bertz CT molecular complexity index is 1080. The van der Waals surface area contributed by atoms with Crippen molar-refractivity contribution in [3.63, 3.8) is 0 Å². The monoisotopic (exact) mass is 504 g/mol. The number of halogens is 1. The molecule has 4 rings (SSSR count). The van der Waals surface area contributed by atoms with E-state index in [2.05, 4.69) is 10.3 Å². The zero-order valence-electron chi connectivity index (χ0n) is 19.7. The van der Waals surface area contributed by atoms with Crippen LogP contribution in [0.4, 0.5) is 4.79 Å². The predicted molar refractivity (Wildman–Crippen MR) is 126 cm³/mol. The van der Waals surface area contributed by atoms with Crippen LogP contribution in [0.5, 0.6) is 5.75 Å². The molecule has 0 radical (unpaired) electrons. The van der Waals surface area contributed by atoms with Crippen molar-refractivity contribution in [3.05, 3.63) is 63.1 Å². The fraction of sp³-hybridized carbons (Fsp3) is 0.500. The van der Waals surface area contributed by atoms with Crippen LogP contribution in [0.2, 0.25) is 5.02 Å². The zero-order chi connectivity index (χ0) is 24.9. The molecular formula is C24H29ClN4O6. The average Bonchev–Trinajstić information content (AvgIpc) is 3.44. The van der Waals surface area contributed by atoms with Crippen molar-refractivity contribution in [1.29, 1.82) is 0 Å². The van der Waals surface area contributed by atoms with Crippen LogP contribution in [-0.2, 0) is 9.57 Å². The molecule has 11 heteroatoms. The molecule has 188 valence electrons. The summed E-state index contributed by atoms with van der Waals surface area (Å²) < 4.78 is 11.6. The number of hydrogen-bond donors (Lipinski definition) is 1. The maximum Gasteiger partial charge on any atom is 0.511 e. The molecule has 0 saturated carbocycles. The minimum atomic E-state index is -1.42. The first-order valence-electron chi connectivity index (χ1n) is 11.8. The third kappa shape index (κ3) is 5.59. The fourth-order valence-electron chi connectivity index (χ4n) is 4.63. The van der Waals surface area contributed by atoms with Crippen molar-refractivity contribution in [2.45, 2.75) is 64.2 Å². The van der Waals surface area contributed by atoms with Gasteiger partial charge in [-0.1, -0.05) is 37.1 Å². The van der Waals surface area contributed by atoms with E-state index in [4.69, 9.17) is 25.9 Å². The maximum atomic E-state index is 12.6. The molecular weight excluding hydrogens is 476 g/mol. The first kappa shape index (κ1) is 25.0. The van der Waals surface area contributed by atoms with E-state index in [1.165, 1.54) is 0 Å². The Morgan fingerprint density at radius 3 is 2.89 bits per heavy atom. The van der Waals surface area contributed by atoms with Crippen LogP contribution in [-0.4, -0.2) is 45.4 Å². The van der Waals surface area contributed by atoms with Crippen molar-refractivity contribution < 1.29 is 29.2 Å². The van der Waals surface area contributed by atoms with Gasteiger partial charge in [0.05, 0.1) is 29.4 Å². The van der Waals surface area contributed by atoms with Crippen LogP contribution in [0.25, 0.3) is 0 Å². The molecule has 0 spiro atoms. The Morgan fingerprint density at radius 2 is 2.17 bits per heavy atom. The number of benzene rings is 1. The molecule has 1 aromatic carbocycles. The van der Waals surface area contributed by atoms with Gasteiger partial charge >= 0.3 is 6.16 Å². The van der Waals surface area contributed by atoms with E-state index in [1.807, 2.05) is 19.1 Å². The topological polar surface area (TPSA) is 120 Å². The van der Waals surface area contributed by atoms with Gasteiger partial charge in [0.25, 0.3) is 0 Å². The van der Waals surface area contributed by atoms with Gasteiger partial charge in [-0.25, -0.2) is 4.79 Å². The Kier molecular flexibility index (Phi) is 7.92. The van der Waals surface area contributed by atoms with E-state index >= 15 is 0 Å². The minimum Gasteiger partial charge on any atom is -0.569 e. The molecule has 2 aliphatic heterocycles. The summed E-state index contributed by atoms with van der Waals surface area (Å²) >= 11 is 6.07. The molecule has 35 heavy (non-hydrogen) atoms. The lowest BCUT2D eigenvalue weighted by Gasteiger charge is -2.24. The van der Waals surface area contributed by atoms with Crippen LogP contribution in [0.3, 0.4) is 0 Å². The quantitative estimate of drug-likeness (QED) is 0.151. The van der Waals surface area contributed by atoms with Crippen LogP contribution in [0.15, 0.2) is 35.7 Å². The van der Waals surface area contributed by atoms with Gasteiger partial charge in [0.1, 0.15) is 12.7 Å². The lowest BCUT2D eigenvalue weighted by atomic mass is 9.95. The van der Waals surface area contributed by atoms with Gasteiger partial charge in [0.2, 0.25) is 5.28 Å². The SMILES string of the molecule is CCCCO/N=[N+](/[O-])N1CCC[C@H]1CC1O[C@@H](c2ccc(Cl)cc2)c2cnc(C)c(OC(=O)O)c21. The van der Waals surface area contributed by atoms with Crippen LogP contribution < -0.4 is 4.74 Å². The summed E-state index contributed by atoms with van der Waals surface area (Å²) in [6, 6.07) is 7.11. The molecule has 1 fully saturated rings. The van der Waals surface area contributed by atoms with Gasteiger partial charge in [0, 0.05) is 28.8 Å². The zero-order valence-corrected chi connectivity index (χ0v) is 20.5. The molecule has 2 aromatic rings. The smallest absolute Gasteiger partial charge is 0.511 e. The minimum absolute atomic E-state index is 0.168. The third-order valence-corrected chi connectivity index (χ3v) is 6.57. The molecule has 1 N–H and O–H groups in total. The van der Waals surface area contributed by atoms with Crippen LogP contribution in [0, 0.1) is 12.1 Å². The van der Waals surface area contributed by atoms with E-state index in [9.17, 15) is 15.1 Å². The summed E-state index contributed by atoms with van der Waals surface area (Å²) in [6.45, 7) is 4.66. The van der Waals surface area contributed by atoms with Crippen molar-refractivity contribution in [1.82, 2.24) is 9.99 Å². The van der Waals surface area contributed by atoms with Crippen molar-refractivity contribution >= 4 is 17.8 Å². The molecule has 1 saturated heterocycles. The van der Waals surface area contributed by atoms with Gasteiger partial charge in [0.15, 0.2) is 5.75 Å². The Hall–Kier alpha value is -3.11. The highest BCUT2D eigenvalue weighted by molar-refractivity contribution is 6.30. The first-order valence-corrected chi connectivity index (χ1v) is 12.1. The van der Waals surface area contributed by atoms with E-state index in [1.54, 1.807) is 30.3 Å². The number of nitrogens with zero attached hydrogens (tertiary/aromatic N) is 4. The second-order valence-corrected chi connectivity index (χ2v) is 9.12. The van der Waals surface area contributed by atoms with Crippen LogP contribution in [0.1, 0.15) is 73.6 Å². The van der Waals surface area contributed by atoms with Crippen molar-refractivity contribution in [3.8, 4) is 5.75 Å². The molecule has 3 heterocycles. The summed E-state index contributed by atoms with van der Waals surface area (Å²) in [4.78, 5) is 21.5. The molecule has 0 aliphatic carbocycles. The largest absolute Gasteiger partial charge is 0.569 e. The van der Waals surface area contributed by atoms with E-state index in [-0.39, 0.29) is 11.8 Å². The highest BCUT2D eigenvalue weighted by Gasteiger charge is 2.42. The molecule has 1 aromatic heterocycles. The number of aromatic nitrogens is 1. The number of ether oxygens (including phenoxy) is 2. The number of hydrazine groups is 1. The molecule has 1 unspecified atom stereocenters. The number of fused-ring (bicyclic) bond motifs is 1. The van der Waals surface area contributed by atoms with Crippen LogP contribution >= 0.6 is 11.6 Å². The van der Waals surface area contributed by atoms with Crippen molar-refractivity contribution in [2.24, 2.45) is 5.28 Å². The highest BCUT2D eigenvalue weighted by Crippen LogP contribution is 2.50. The summed E-state index contributed by atoms with van der Waals surface area (Å²) in [5.41, 5.74) is 2.68. The Balaban J connectivity index is 1.63. The Morgan fingerprint density at radius 1 is 1.40 bits per heavy atom. The number of hydrogen-bond acceptors (Lipinski definition) is 7. The Labute approximate surface area is 208 Å². The number of rotatable bonds is 9. The third-order valence-electron chi connectivity index (χ3n) is 6.32. The van der Waals surface area contributed by atoms with Gasteiger partial charge in [-0.2, -0.15) is 0 Å². The second-order valence-electron chi connectivity index (χ2n) is 8.68. The summed E-state index contributed by atoms with van der Waals surface area (Å²) in [5.74, 6) is 0.174. The normalized spacial score (nSPS) is 21.7. The molecule has 10 nitrogen and oxygen atoms in total. The van der Waals surface area contributed by atoms with Gasteiger partial charge in [-0.15, -0.1) is 5.01 Å². The lowest BCUT2D eigenvalue weighted by Crippen LogP contribution is -2.36. The standard InChI is InChI=1S/C24H29ClN4O6/c1-3-4-12-33-27-29(32)28-11-5-6-18(28)13-20-21-19(14-26-15(2)22(21)35-24(30)31)23(34-20)16-7-9-17(25)10-8-16/h7-10,14,18,20,23H,3-6,11-13H2,1-2H3,(H,30,31)/b29-27+/t18-,20?,23-/m0/s1. The molecule has 3 atom stereocenters. The summed E-state index contributed by atoms with van der Waals surface area (Å²) in [7, 11) is 0. The number of aryl methyl sites for hydroxylation is 1. The number of unbranched alkanes of at least 4 members (excludes halogenated alkanes) is 1. The first-order chi connectivity index (χ1) is 16.9. The highest BCUT2D eigenvalue weighted by atomic mass is 35.5. The lowest BCUT2D eigenvalue weighted by molar-refractivity contribution is -0.714.